The number of halogens is 1. The smallest absolute Gasteiger partial charge is 0.340 e. The van der Waals surface area contributed by atoms with Gasteiger partial charge in [-0.25, -0.2) is 4.79 Å². The Bertz CT molecular complexity index is 472. The number of nitrogen functional groups attached to an aromatic ring is 1. The molecule has 0 saturated carbocycles. The van der Waals surface area contributed by atoms with Crippen LogP contribution < -0.4 is 10.5 Å². The highest BCUT2D eigenvalue weighted by Gasteiger charge is 2.20. The average Bonchev–Trinajstić information content (AvgIpc) is 2.42. The minimum Gasteiger partial charge on any atom is -0.488 e. The Morgan fingerprint density at radius 1 is 1.42 bits per heavy atom. The highest BCUT2D eigenvalue weighted by atomic mass is 79.9. The van der Waals surface area contributed by atoms with Gasteiger partial charge in [0.15, 0.2) is 0 Å². The Hall–Kier alpha value is -1.27. The molecule has 5 nitrogen and oxygen atoms in total. The molecule has 0 atom stereocenters. The second-order valence-electron chi connectivity index (χ2n) is 4.29. The second-order valence-corrected chi connectivity index (χ2v) is 5.20. The second kappa shape index (κ2) is 6.25. The van der Waals surface area contributed by atoms with Gasteiger partial charge in [-0.3, -0.25) is 0 Å². The Labute approximate surface area is 120 Å². The molecule has 0 aromatic heterocycles. The molecule has 0 bridgehead atoms. The number of carbonyl (C=O) groups is 1. The molecule has 1 saturated heterocycles. The van der Waals surface area contributed by atoms with Gasteiger partial charge in [0, 0.05) is 17.3 Å². The lowest BCUT2D eigenvalue weighted by atomic mass is 10.1. The molecule has 2 N–H and O–H groups in total. The summed E-state index contributed by atoms with van der Waals surface area (Å²) in [5, 5.41) is 0. The van der Waals surface area contributed by atoms with Gasteiger partial charge in [0.05, 0.1) is 31.6 Å². The number of anilines is 1. The van der Waals surface area contributed by atoms with Crippen molar-refractivity contribution >= 4 is 27.6 Å². The summed E-state index contributed by atoms with van der Waals surface area (Å²) in [4.78, 5) is 11.6. The van der Waals surface area contributed by atoms with Gasteiger partial charge in [-0.2, -0.15) is 0 Å². The average molecular weight is 330 g/mol. The molecule has 0 spiro atoms. The maximum absolute atomic E-state index is 11.6. The Balaban J connectivity index is 2.24. The summed E-state index contributed by atoms with van der Waals surface area (Å²) in [5.41, 5.74) is 6.58. The van der Waals surface area contributed by atoms with Crippen LogP contribution in [0.5, 0.6) is 5.75 Å². The van der Waals surface area contributed by atoms with Crippen LogP contribution in [0.3, 0.4) is 0 Å². The molecule has 1 aliphatic rings. The van der Waals surface area contributed by atoms with Crippen LogP contribution in [0.25, 0.3) is 0 Å². The molecule has 104 valence electrons. The first kappa shape index (κ1) is 14.1. The quantitative estimate of drug-likeness (QED) is 0.681. The third-order valence-corrected chi connectivity index (χ3v) is 3.43. The van der Waals surface area contributed by atoms with E-state index in [1.165, 1.54) is 7.11 Å². The minimum atomic E-state index is -0.476. The number of benzene rings is 1. The number of ether oxygens (including phenoxy) is 3. The lowest BCUT2D eigenvalue weighted by Crippen LogP contribution is -2.26. The molecule has 1 fully saturated rings. The van der Waals surface area contributed by atoms with Crippen molar-refractivity contribution in [3.63, 3.8) is 0 Å². The lowest BCUT2D eigenvalue weighted by molar-refractivity contribution is 0.0257. The molecule has 2 rings (SSSR count). The number of esters is 1. The summed E-state index contributed by atoms with van der Waals surface area (Å²) < 4.78 is 16.6. The number of hydrogen-bond acceptors (Lipinski definition) is 5. The van der Waals surface area contributed by atoms with Crippen LogP contribution in [0.1, 0.15) is 23.2 Å². The molecule has 0 radical (unpaired) electrons. The van der Waals surface area contributed by atoms with E-state index in [0.717, 1.165) is 17.3 Å². The van der Waals surface area contributed by atoms with Gasteiger partial charge < -0.3 is 19.9 Å². The van der Waals surface area contributed by atoms with Crippen molar-refractivity contribution in [2.24, 2.45) is 0 Å². The van der Waals surface area contributed by atoms with Crippen molar-refractivity contribution in [2.75, 3.05) is 26.1 Å². The maximum Gasteiger partial charge on any atom is 0.340 e. The topological polar surface area (TPSA) is 70.8 Å². The van der Waals surface area contributed by atoms with Crippen molar-refractivity contribution < 1.29 is 19.0 Å². The fourth-order valence-electron chi connectivity index (χ4n) is 1.94. The van der Waals surface area contributed by atoms with Crippen LogP contribution in [0.4, 0.5) is 5.69 Å². The summed E-state index contributed by atoms with van der Waals surface area (Å²) in [5.74, 6) is 0.0253. The van der Waals surface area contributed by atoms with E-state index in [-0.39, 0.29) is 6.10 Å². The summed E-state index contributed by atoms with van der Waals surface area (Å²) in [6.45, 7) is 1.37. The fourth-order valence-corrected chi connectivity index (χ4v) is 2.38. The third kappa shape index (κ3) is 3.39. The molecular formula is C13H16BrNO4. The molecule has 1 aromatic carbocycles. The third-order valence-electron chi connectivity index (χ3n) is 2.97. The Morgan fingerprint density at radius 3 is 2.74 bits per heavy atom. The zero-order valence-electron chi connectivity index (χ0n) is 10.6. The predicted molar refractivity (Wildman–Crippen MR) is 74.4 cm³/mol. The predicted octanol–water partition coefficient (Wildman–Crippen LogP) is 2.38. The first-order valence-corrected chi connectivity index (χ1v) is 6.83. The molecule has 0 amide bonds. The molecule has 1 heterocycles. The van der Waals surface area contributed by atoms with Gasteiger partial charge in [0.25, 0.3) is 0 Å². The van der Waals surface area contributed by atoms with Crippen molar-refractivity contribution in [1.82, 2.24) is 0 Å². The van der Waals surface area contributed by atoms with Crippen LogP contribution in [-0.4, -0.2) is 32.4 Å². The number of nitrogens with two attached hydrogens (primary N) is 1. The monoisotopic (exact) mass is 329 g/mol. The van der Waals surface area contributed by atoms with E-state index < -0.39 is 5.97 Å². The standard InChI is InChI=1S/C13H16BrNO4/c1-17-13(16)10-6-8(14)7-11(12(10)15)19-9-2-4-18-5-3-9/h6-7,9H,2-5,15H2,1H3. The Kier molecular flexibility index (Phi) is 4.66. The molecule has 6 heteroatoms. The van der Waals surface area contributed by atoms with E-state index in [1.807, 2.05) is 0 Å². The van der Waals surface area contributed by atoms with E-state index in [2.05, 4.69) is 15.9 Å². The number of rotatable bonds is 3. The SMILES string of the molecule is COC(=O)c1cc(Br)cc(OC2CCOCC2)c1N. The van der Waals surface area contributed by atoms with Gasteiger partial charge >= 0.3 is 5.97 Å². The van der Waals surface area contributed by atoms with E-state index in [9.17, 15) is 4.79 Å². The molecule has 0 aliphatic carbocycles. The highest BCUT2D eigenvalue weighted by Crippen LogP contribution is 2.32. The largest absolute Gasteiger partial charge is 0.488 e. The first-order chi connectivity index (χ1) is 9.11. The minimum absolute atomic E-state index is 0.0656. The lowest BCUT2D eigenvalue weighted by Gasteiger charge is -2.24. The van der Waals surface area contributed by atoms with Crippen LogP contribution in [-0.2, 0) is 9.47 Å². The first-order valence-electron chi connectivity index (χ1n) is 6.03. The zero-order chi connectivity index (χ0) is 13.8. The zero-order valence-corrected chi connectivity index (χ0v) is 12.2. The van der Waals surface area contributed by atoms with E-state index in [1.54, 1.807) is 12.1 Å². The van der Waals surface area contributed by atoms with E-state index in [0.29, 0.717) is 30.2 Å². The van der Waals surface area contributed by atoms with Crippen LogP contribution >= 0.6 is 15.9 Å². The summed E-state index contributed by atoms with van der Waals surface area (Å²) >= 11 is 3.34. The fraction of sp³-hybridized carbons (Fsp3) is 0.462. The molecule has 1 aromatic rings. The van der Waals surface area contributed by atoms with Crippen molar-refractivity contribution in [3.05, 3.63) is 22.2 Å². The maximum atomic E-state index is 11.6. The van der Waals surface area contributed by atoms with Gasteiger partial charge in [-0.05, 0) is 12.1 Å². The van der Waals surface area contributed by atoms with Gasteiger partial charge in [0.2, 0.25) is 0 Å². The van der Waals surface area contributed by atoms with E-state index in [4.69, 9.17) is 19.9 Å². The number of carbonyl (C=O) groups excluding carboxylic acids is 1. The van der Waals surface area contributed by atoms with Gasteiger partial charge in [-0.1, -0.05) is 15.9 Å². The van der Waals surface area contributed by atoms with Gasteiger partial charge in [0.1, 0.15) is 11.9 Å². The van der Waals surface area contributed by atoms with Crippen molar-refractivity contribution in [1.29, 1.82) is 0 Å². The van der Waals surface area contributed by atoms with E-state index >= 15 is 0 Å². The number of methoxy groups -OCH3 is 1. The van der Waals surface area contributed by atoms with Crippen molar-refractivity contribution in [3.8, 4) is 5.75 Å². The van der Waals surface area contributed by atoms with Crippen LogP contribution in [0.15, 0.2) is 16.6 Å². The van der Waals surface area contributed by atoms with Crippen LogP contribution in [0, 0.1) is 0 Å². The highest BCUT2D eigenvalue weighted by molar-refractivity contribution is 9.10. The molecular weight excluding hydrogens is 314 g/mol. The normalized spacial score (nSPS) is 16.1. The Morgan fingerprint density at radius 2 is 2.11 bits per heavy atom. The summed E-state index contributed by atoms with van der Waals surface area (Å²) in [6, 6.07) is 3.38. The molecule has 1 aliphatic heterocycles. The van der Waals surface area contributed by atoms with Gasteiger partial charge in [-0.15, -0.1) is 0 Å². The summed E-state index contributed by atoms with van der Waals surface area (Å²) in [6.07, 6.45) is 1.70. The van der Waals surface area contributed by atoms with Crippen molar-refractivity contribution in [2.45, 2.75) is 18.9 Å². The number of hydrogen-bond donors (Lipinski definition) is 1. The van der Waals surface area contributed by atoms with Crippen LogP contribution in [0.2, 0.25) is 0 Å². The summed E-state index contributed by atoms with van der Waals surface area (Å²) in [7, 11) is 1.32. The molecule has 0 unspecified atom stereocenters. The molecule has 19 heavy (non-hydrogen) atoms.